The zero-order chi connectivity index (χ0) is 8.97. The molecule has 1 aliphatic rings. The molecule has 1 fully saturated rings. The molecule has 0 radical (unpaired) electrons. The first-order chi connectivity index (χ1) is 5.72. The van der Waals surface area contributed by atoms with E-state index in [2.05, 4.69) is 34.7 Å². The highest BCUT2D eigenvalue weighted by Crippen LogP contribution is 2.34. The van der Waals surface area contributed by atoms with Crippen LogP contribution in [0.4, 0.5) is 0 Å². The van der Waals surface area contributed by atoms with E-state index < -0.39 is 0 Å². The molecule has 1 nitrogen and oxygen atoms in total. The lowest BCUT2D eigenvalue weighted by Crippen LogP contribution is -2.29. The van der Waals surface area contributed by atoms with E-state index in [1.165, 1.54) is 25.7 Å². The maximum Gasteiger partial charge on any atom is 0.0268 e. The van der Waals surface area contributed by atoms with Gasteiger partial charge in [-0.25, -0.2) is 0 Å². The minimum atomic E-state index is 0.701. The van der Waals surface area contributed by atoms with E-state index >= 15 is 0 Å². The summed E-state index contributed by atoms with van der Waals surface area (Å²) in [5.74, 6) is 1.02. The van der Waals surface area contributed by atoms with Crippen molar-refractivity contribution in [2.24, 2.45) is 5.92 Å². The molecule has 0 aromatic heterocycles. The van der Waals surface area contributed by atoms with E-state index in [4.69, 9.17) is 0 Å². The average molecular weight is 232 g/mol. The largest absolute Gasteiger partial charge is 0.309 e. The van der Waals surface area contributed by atoms with Crippen LogP contribution in [0.1, 0.15) is 32.6 Å². The third-order valence-corrected chi connectivity index (χ3v) is 2.67. The standard InChI is InChI=1S/C10H18BrN/c1-3-10(6-9-4-5-9)12-7-8(2)11/h9-10,12H,2-7H2,1H3. The molecule has 12 heavy (non-hydrogen) atoms. The highest BCUT2D eigenvalue weighted by Gasteiger charge is 2.24. The molecule has 0 heterocycles. The van der Waals surface area contributed by atoms with Gasteiger partial charge in [0.2, 0.25) is 0 Å². The molecule has 0 aromatic rings. The Morgan fingerprint density at radius 3 is 2.75 bits per heavy atom. The molecular formula is C10H18BrN. The van der Waals surface area contributed by atoms with Crippen LogP contribution in [0.5, 0.6) is 0 Å². The molecule has 1 rings (SSSR count). The number of hydrogen-bond acceptors (Lipinski definition) is 1. The summed E-state index contributed by atoms with van der Waals surface area (Å²) in [6, 6.07) is 0.701. The Balaban J connectivity index is 2.10. The molecule has 0 amide bonds. The fourth-order valence-electron chi connectivity index (χ4n) is 1.41. The van der Waals surface area contributed by atoms with Gasteiger partial charge < -0.3 is 5.32 Å². The van der Waals surface area contributed by atoms with Gasteiger partial charge in [-0.3, -0.25) is 0 Å². The van der Waals surface area contributed by atoms with Crippen molar-refractivity contribution in [2.75, 3.05) is 6.54 Å². The van der Waals surface area contributed by atoms with Crippen LogP contribution in [-0.2, 0) is 0 Å². The van der Waals surface area contributed by atoms with Crippen LogP contribution in [0.3, 0.4) is 0 Å². The molecule has 1 unspecified atom stereocenters. The Kier molecular flexibility index (Phi) is 4.30. The number of halogens is 1. The SMILES string of the molecule is C=C(Br)CNC(CC)CC1CC1. The van der Waals surface area contributed by atoms with Crippen molar-refractivity contribution in [3.8, 4) is 0 Å². The topological polar surface area (TPSA) is 12.0 Å². The summed E-state index contributed by atoms with van der Waals surface area (Å²) < 4.78 is 1.05. The first-order valence-electron chi connectivity index (χ1n) is 4.79. The molecule has 0 spiro atoms. The molecule has 1 aliphatic carbocycles. The van der Waals surface area contributed by atoms with Crippen LogP contribution in [0.25, 0.3) is 0 Å². The molecule has 1 atom stereocenters. The van der Waals surface area contributed by atoms with Crippen LogP contribution in [0, 0.1) is 5.92 Å². The summed E-state index contributed by atoms with van der Waals surface area (Å²) in [5, 5.41) is 3.49. The van der Waals surface area contributed by atoms with Gasteiger partial charge in [-0.05, 0) is 18.8 Å². The highest BCUT2D eigenvalue weighted by atomic mass is 79.9. The maximum absolute atomic E-state index is 3.81. The Morgan fingerprint density at radius 2 is 2.33 bits per heavy atom. The molecule has 0 bridgehead atoms. The predicted molar refractivity (Wildman–Crippen MR) is 57.5 cm³/mol. The number of rotatable bonds is 6. The van der Waals surface area contributed by atoms with Crippen molar-refractivity contribution in [1.29, 1.82) is 0 Å². The predicted octanol–water partition coefficient (Wildman–Crippen LogP) is 3.06. The van der Waals surface area contributed by atoms with Crippen molar-refractivity contribution in [3.63, 3.8) is 0 Å². The fourth-order valence-corrected chi connectivity index (χ4v) is 1.57. The zero-order valence-corrected chi connectivity index (χ0v) is 9.36. The average Bonchev–Trinajstić information content (AvgIpc) is 2.81. The summed E-state index contributed by atoms with van der Waals surface area (Å²) >= 11 is 3.36. The molecule has 0 aliphatic heterocycles. The lowest BCUT2D eigenvalue weighted by Gasteiger charge is -2.15. The van der Waals surface area contributed by atoms with Gasteiger partial charge in [0, 0.05) is 17.1 Å². The van der Waals surface area contributed by atoms with Crippen LogP contribution in [0.15, 0.2) is 11.1 Å². The Bertz CT molecular complexity index is 152. The molecule has 1 N–H and O–H groups in total. The van der Waals surface area contributed by atoms with Crippen molar-refractivity contribution in [2.45, 2.75) is 38.6 Å². The highest BCUT2D eigenvalue weighted by molar-refractivity contribution is 9.11. The number of nitrogens with one attached hydrogen (secondary N) is 1. The summed E-state index contributed by atoms with van der Waals surface area (Å²) in [6.45, 7) is 6.97. The molecule has 2 heteroatoms. The Morgan fingerprint density at radius 1 is 1.67 bits per heavy atom. The second kappa shape index (κ2) is 5.03. The second-order valence-electron chi connectivity index (χ2n) is 3.68. The summed E-state index contributed by atoms with van der Waals surface area (Å²) in [6.07, 6.45) is 5.49. The Hall–Kier alpha value is 0.180. The lowest BCUT2D eigenvalue weighted by molar-refractivity contribution is 0.464. The van der Waals surface area contributed by atoms with E-state index in [9.17, 15) is 0 Å². The van der Waals surface area contributed by atoms with Gasteiger partial charge in [-0.15, -0.1) is 0 Å². The lowest BCUT2D eigenvalue weighted by atomic mass is 10.1. The van der Waals surface area contributed by atoms with Crippen LogP contribution < -0.4 is 5.32 Å². The fraction of sp³-hybridized carbons (Fsp3) is 0.800. The molecule has 70 valence electrons. The maximum atomic E-state index is 3.81. The third-order valence-electron chi connectivity index (χ3n) is 2.39. The van der Waals surface area contributed by atoms with Gasteiger partial charge in [-0.1, -0.05) is 42.3 Å². The van der Waals surface area contributed by atoms with E-state index in [1.54, 1.807) is 0 Å². The molecule has 0 saturated heterocycles. The van der Waals surface area contributed by atoms with E-state index in [0.29, 0.717) is 6.04 Å². The first kappa shape index (κ1) is 10.3. The second-order valence-corrected chi connectivity index (χ2v) is 4.80. The van der Waals surface area contributed by atoms with Crippen molar-refractivity contribution in [3.05, 3.63) is 11.1 Å². The summed E-state index contributed by atoms with van der Waals surface area (Å²) in [4.78, 5) is 0. The normalized spacial score (nSPS) is 19.2. The summed E-state index contributed by atoms with van der Waals surface area (Å²) in [5.41, 5.74) is 0. The van der Waals surface area contributed by atoms with Gasteiger partial charge in [0.05, 0.1) is 0 Å². The zero-order valence-electron chi connectivity index (χ0n) is 7.78. The van der Waals surface area contributed by atoms with Crippen LogP contribution >= 0.6 is 15.9 Å². The van der Waals surface area contributed by atoms with Crippen molar-refractivity contribution >= 4 is 15.9 Å². The quantitative estimate of drug-likeness (QED) is 0.742. The van der Waals surface area contributed by atoms with Gasteiger partial charge in [0.25, 0.3) is 0 Å². The van der Waals surface area contributed by atoms with Crippen molar-refractivity contribution < 1.29 is 0 Å². The van der Waals surface area contributed by atoms with Gasteiger partial charge >= 0.3 is 0 Å². The monoisotopic (exact) mass is 231 g/mol. The van der Waals surface area contributed by atoms with Gasteiger partial charge in [-0.2, -0.15) is 0 Å². The first-order valence-corrected chi connectivity index (χ1v) is 5.58. The molecule has 1 saturated carbocycles. The van der Waals surface area contributed by atoms with E-state index in [1.807, 2.05) is 0 Å². The minimum absolute atomic E-state index is 0.701. The van der Waals surface area contributed by atoms with Gasteiger partial charge in [0.1, 0.15) is 0 Å². The van der Waals surface area contributed by atoms with E-state index in [-0.39, 0.29) is 0 Å². The number of hydrogen-bond donors (Lipinski definition) is 1. The smallest absolute Gasteiger partial charge is 0.0268 e. The van der Waals surface area contributed by atoms with E-state index in [0.717, 1.165) is 16.9 Å². The Labute approximate surface area is 83.7 Å². The summed E-state index contributed by atoms with van der Waals surface area (Å²) in [7, 11) is 0. The molecule has 0 aromatic carbocycles. The van der Waals surface area contributed by atoms with Crippen LogP contribution in [0.2, 0.25) is 0 Å². The minimum Gasteiger partial charge on any atom is -0.309 e. The van der Waals surface area contributed by atoms with Crippen LogP contribution in [-0.4, -0.2) is 12.6 Å². The third kappa shape index (κ3) is 4.27. The molecular weight excluding hydrogens is 214 g/mol. The van der Waals surface area contributed by atoms with Gasteiger partial charge in [0.15, 0.2) is 0 Å². The van der Waals surface area contributed by atoms with Crippen molar-refractivity contribution in [1.82, 2.24) is 5.32 Å².